The molecular weight excluding hydrogens is 230 g/mol. The predicted molar refractivity (Wildman–Crippen MR) is 70.9 cm³/mol. The van der Waals surface area contributed by atoms with Crippen molar-refractivity contribution in [2.75, 3.05) is 30.0 Å². The standard InChI is InChI=1S/C13H19N3O2/c1-9-4-5-11-13(14-9)16(10(2)6-7-17)12(18)8-15(11)3/h4-5,10,17H,6-8H2,1-3H3/t10-/m0/s1. The topological polar surface area (TPSA) is 56.7 Å². The summed E-state index contributed by atoms with van der Waals surface area (Å²) < 4.78 is 0. The molecule has 0 fully saturated rings. The molecule has 98 valence electrons. The fourth-order valence-electron chi connectivity index (χ4n) is 2.26. The number of carbonyl (C=O) groups excluding carboxylic acids is 1. The van der Waals surface area contributed by atoms with Crippen molar-refractivity contribution in [3.63, 3.8) is 0 Å². The van der Waals surface area contributed by atoms with Crippen LogP contribution in [0.15, 0.2) is 12.1 Å². The Morgan fingerprint density at radius 1 is 1.50 bits per heavy atom. The number of aliphatic hydroxyl groups excluding tert-OH is 1. The highest BCUT2D eigenvalue weighted by Gasteiger charge is 2.31. The molecule has 1 aromatic heterocycles. The van der Waals surface area contributed by atoms with Crippen molar-refractivity contribution in [2.45, 2.75) is 26.3 Å². The Morgan fingerprint density at radius 3 is 2.89 bits per heavy atom. The van der Waals surface area contributed by atoms with Crippen LogP contribution in [0.3, 0.4) is 0 Å². The van der Waals surface area contributed by atoms with Crippen LogP contribution in [0, 0.1) is 6.92 Å². The molecule has 0 aliphatic carbocycles. The zero-order chi connectivity index (χ0) is 13.3. The lowest BCUT2D eigenvalue weighted by atomic mass is 10.1. The molecule has 5 nitrogen and oxygen atoms in total. The van der Waals surface area contributed by atoms with E-state index >= 15 is 0 Å². The number of aliphatic hydroxyl groups is 1. The van der Waals surface area contributed by atoms with Crippen LogP contribution in [0.4, 0.5) is 11.5 Å². The highest BCUT2D eigenvalue weighted by Crippen LogP contribution is 2.32. The smallest absolute Gasteiger partial charge is 0.247 e. The van der Waals surface area contributed by atoms with E-state index in [1.54, 1.807) is 4.90 Å². The Balaban J connectivity index is 2.44. The van der Waals surface area contributed by atoms with Crippen LogP contribution in [0.2, 0.25) is 0 Å². The Labute approximate surface area is 107 Å². The van der Waals surface area contributed by atoms with E-state index in [9.17, 15) is 4.79 Å². The predicted octanol–water partition coefficient (Wildman–Crippen LogP) is 0.944. The number of fused-ring (bicyclic) bond motifs is 1. The Hall–Kier alpha value is -1.62. The summed E-state index contributed by atoms with van der Waals surface area (Å²) >= 11 is 0. The first-order chi connectivity index (χ1) is 8.54. The Bertz CT molecular complexity index is 462. The molecule has 0 unspecified atom stereocenters. The highest BCUT2D eigenvalue weighted by molar-refractivity contribution is 6.02. The fraction of sp³-hybridized carbons (Fsp3) is 0.538. The number of aromatic nitrogens is 1. The van der Waals surface area contributed by atoms with E-state index in [1.807, 2.05) is 37.9 Å². The van der Waals surface area contributed by atoms with Gasteiger partial charge in [-0.1, -0.05) is 0 Å². The number of anilines is 2. The first-order valence-corrected chi connectivity index (χ1v) is 6.16. The van der Waals surface area contributed by atoms with Crippen molar-refractivity contribution in [1.29, 1.82) is 0 Å². The summed E-state index contributed by atoms with van der Waals surface area (Å²) in [7, 11) is 1.89. The van der Waals surface area contributed by atoms with Crippen LogP contribution in [0.25, 0.3) is 0 Å². The second kappa shape index (κ2) is 4.94. The lowest BCUT2D eigenvalue weighted by Gasteiger charge is -2.37. The molecule has 0 saturated heterocycles. The van der Waals surface area contributed by atoms with Gasteiger partial charge in [0.2, 0.25) is 5.91 Å². The van der Waals surface area contributed by atoms with Gasteiger partial charge < -0.3 is 10.0 Å². The van der Waals surface area contributed by atoms with Crippen LogP contribution >= 0.6 is 0 Å². The summed E-state index contributed by atoms with van der Waals surface area (Å²) in [5, 5.41) is 9.04. The van der Waals surface area contributed by atoms with Gasteiger partial charge in [-0.25, -0.2) is 4.98 Å². The Kier molecular flexibility index (Phi) is 3.52. The molecule has 0 saturated carbocycles. The number of hydrogen-bond acceptors (Lipinski definition) is 4. The summed E-state index contributed by atoms with van der Waals surface area (Å²) in [6.07, 6.45) is 0.560. The first kappa shape index (κ1) is 12.8. The van der Waals surface area contributed by atoms with E-state index < -0.39 is 0 Å². The van der Waals surface area contributed by atoms with Crippen LogP contribution in [0.5, 0.6) is 0 Å². The van der Waals surface area contributed by atoms with E-state index in [0.29, 0.717) is 18.8 Å². The van der Waals surface area contributed by atoms with E-state index in [0.717, 1.165) is 11.4 Å². The van der Waals surface area contributed by atoms with Crippen LogP contribution < -0.4 is 9.80 Å². The maximum atomic E-state index is 12.2. The summed E-state index contributed by atoms with van der Waals surface area (Å²) in [6.45, 7) is 4.27. The molecule has 1 N–H and O–H groups in total. The summed E-state index contributed by atoms with van der Waals surface area (Å²) in [5.41, 5.74) is 1.85. The normalized spacial score (nSPS) is 16.8. The number of amides is 1. The molecule has 2 heterocycles. The molecule has 1 aliphatic rings. The van der Waals surface area contributed by atoms with Gasteiger partial charge in [0.15, 0.2) is 5.82 Å². The van der Waals surface area contributed by atoms with E-state index in [-0.39, 0.29) is 18.6 Å². The molecule has 1 atom stereocenters. The average Bonchev–Trinajstić information content (AvgIpc) is 2.28. The minimum absolute atomic E-state index is 0.0315. The molecule has 0 spiro atoms. The van der Waals surface area contributed by atoms with Crippen molar-refractivity contribution in [1.82, 2.24) is 4.98 Å². The molecule has 0 radical (unpaired) electrons. The summed E-state index contributed by atoms with van der Waals surface area (Å²) in [5.74, 6) is 0.735. The maximum Gasteiger partial charge on any atom is 0.247 e. The molecule has 18 heavy (non-hydrogen) atoms. The summed E-state index contributed by atoms with van der Waals surface area (Å²) in [6, 6.07) is 3.90. The lowest BCUT2D eigenvalue weighted by Crippen LogP contribution is -2.49. The third-order valence-corrected chi connectivity index (χ3v) is 3.26. The third-order valence-electron chi connectivity index (χ3n) is 3.26. The van der Waals surface area contributed by atoms with Gasteiger partial charge in [0.1, 0.15) is 0 Å². The largest absolute Gasteiger partial charge is 0.396 e. The monoisotopic (exact) mass is 249 g/mol. The average molecular weight is 249 g/mol. The number of nitrogens with zero attached hydrogens (tertiary/aromatic N) is 3. The second-order valence-electron chi connectivity index (χ2n) is 4.78. The van der Waals surface area contributed by atoms with Gasteiger partial charge in [-0.3, -0.25) is 9.69 Å². The molecule has 1 amide bonds. The van der Waals surface area contributed by atoms with Crippen LogP contribution in [-0.2, 0) is 4.79 Å². The molecule has 0 aromatic carbocycles. The van der Waals surface area contributed by atoms with Gasteiger partial charge in [0.25, 0.3) is 0 Å². The number of aryl methyl sites for hydroxylation is 1. The molecule has 1 aromatic rings. The van der Waals surface area contributed by atoms with Crippen molar-refractivity contribution in [3.8, 4) is 0 Å². The first-order valence-electron chi connectivity index (χ1n) is 6.16. The van der Waals surface area contributed by atoms with E-state index in [1.165, 1.54) is 0 Å². The highest BCUT2D eigenvalue weighted by atomic mass is 16.3. The zero-order valence-electron chi connectivity index (χ0n) is 11.1. The van der Waals surface area contributed by atoms with Gasteiger partial charge >= 0.3 is 0 Å². The van der Waals surface area contributed by atoms with Crippen LogP contribution in [-0.4, -0.2) is 42.2 Å². The van der Waals surface area contributed by atoms with Crippen LogP contribution in [0.1, 0.15) is 19.0 Å². The fourth-order valence-corrected chi connectivity index (χ4v) is 2.26. The van der Waals surface area contributed by atoms with Gasteiger partial charge in [0.05, 0.1) is 12.2 Å². The number of hydrogen-bond donors (Lipinski definition) is 1. The van der Waals surface area contributed by atoms with Gasteiger partial charge in [0, 0.05) is 25.4 Å². The van der Waals surface area contributed by atoms with Gasteiger partial charge in [-0.05, 0) is 32.4 Å². The third kappa shape index (κ3) is 2.18. The SMILES string of the molecule is Cc1ccc2c(n1)N([C@@H](C)CCO)C(=O)CN2C. The Morgan fingerprint density at radius 2 is 2.22 bits per heavy atom. The molecular formula is C13H19N3O2. The maximum absolute atomic E-state index is 12.2. The lowest BCUT2D eigenvalue weighted by molar-refractivity contribution is -0.118. The van der Waals surface area contributed by atoms with Crippen molar-refractivity contribution in [3.05, 3.63) is 17.8 Å². The number of rotatable bonds is 3. The number of pyridine rings is 1. The van der Waals surface area contributed by atoms with Gasteiger partial charge in [-0.2, -0.15) is 0 Å². The molecule has 5 heteroatoms. The number of carbonyl (C=O) groups is 1. The van der Waals surface area contributed by atoms with E-state index in [4.69, 9.17) is 5.11 Å². The number of likely N-dealkylation sites (N-methyl/N-ethyl adjacent to an activating group) is 1. The van der Waals surface area contributed by atoms with Crippen molar-refractivity contribution < 1.29 is 9.90 Å². The molecule has 1 aliphatic heterocycles. The van der Waals surface area contributed by atoms with E-state index in [2.05, 4.69) is 4.98 Å². The van der Waals surface area contributed by atoms with Crippen molar-refractivity contribution >= 4 is 17.4 Å². The zero-order valence-corrected chi connectivity index (χ0v) is 11.1. The minimum Gasteiger partial charge on any atom is -0.396 e. The van der Waals surface area contributed by atoms with Gasteiger partial charge in [-0.15, -0.1) is 0 Å². The molecule has 0 bridgehead atoms. The molecule has 2 rings (SSSR count). The van der Waals surface area contributed by atoms with Crippen molar-refractivity contribution in [2.24, 2.45) is 0 Å². The minimum atomic E-state index is -0.0377. The summed E-state index contributed by atoms with van der Waals surface area (Å²) in [4.78, 5) is 20.3. The quantitative estimate of drug-likeness (QED) is 0.866. The second-order valence-corrected chi connectivity index (χ2v) is 4.78.